The lowest BCUT2D eigenvalue weighted by Crippen LogP contribution is -2.26. The molecule has 1 aromatic carbocycles. The van der Waals surface area contributed by atoms with Crippen LogP contribution < -0.4 is 17.0 Å². The van der Waals surface area contributed by atoms with Crippen molar-refractivity contribution in [3.8, 4) is 11.4 Å². The number of nitrogens with zero attached hydrogens (tertiary/aromatic N) is 2. The molecule has 0 aliphatic heterocycles. The van der Waals surface area contributed by atoms with Gasteiger partial charge in [-0.2, -0.15) is 0 Å². The second-order valence-electron chi connectivity index (χ2n) is 6.08. The molecule has 2 amide bonds. The first-order valence-corrected chi connectivity index (χ1v) is 8.80. The van der Waals surface area contributed by atoms with E-state index in [0.29, 0.717) is 26.5 Å². The van der Waals surface area contributed by atoms with Crippen molar-refractivity contribution in [2.45, 2.75) is 26.8 Å². The van der Waals surface area contributed by atoms with Gasteiger partial charge in [0.1, 0.15) is 10.7 Å². The molecular weight excluding hydrogens is 352 g/mol. The molecule has 0 aliphatic rings. The van der Waals surface area contributed by atoms with Gasteiger partial charge >= 0.3 is 0 Å². The minimum atomic E-state index is -0.592. The minimum absolute atomic E-state index is 0.0117. The van der Waals surface area contributed by atoms with Gasteiger partial charge in [-0.05, 0) is 19.4 Å². The molecule has 0 fully saturated rings. The van der Waals surface area contributed by atoms with E-state index >= 15 is 0 Å². The summed E-state index contributed by atoms with van der Waals surface area (Å²) in [7, 11) is 0. The molecule has 2 aromatic heterocycles. The predicted octanol–water partition coefficient (Wildman–Crippen LogP) is 1.72. The molecule has 0 aliphatic carbocycles. The molecular formula is C18H18N4O3S. The Morgan fingerprint density at radius 3 is 2.38 bits per heavy atom. The Bertz CT molecular complexity index is 1080. The predicted molar refractivity (Wildman–Crippen MR) is 101 cm³/mol. The van der Waals surface area contributed by atoms with Crippen LogP contribution in [-0.4, -0.2) is 21.4 Å². The number of nitrogens with two attached hydrogens (primary N) is 2. The number of thiophene rings is 1. The van der Waals surface area contributed by atoms with Gasteiger partial charge in [-0.1, -0.05) is 29.8 Å². The van der Waals surface area contributed by atoms with Gasteiger partial charge in [0.25, 0.3) is 11.5 Å². The van der Waals surface area contributed by atoms with Gasteiger partial charge < -0.3 is 11.5 Å². The van der Waals surface area contributed by atoms with Gasteiger partial charge in [0, 0.05) is 18.5 Å². The molecule has 0 atom stereocenters. The van der Waals surface area contributed by atoms with E-state index in [0.717, 1.165) is 22.5 Å². The normalized spacial score (nSPS) is 11.0. The molecule has 0 saturated carbocycles. The fraction of sp³-hybridized carbons (Fsp3) is 0.222. The van der Waals surface area contributed by atoms with Crippen LogP contribution in [0.25, 0.3) is 21.6 Å². The van der Waals surface area contributed by atoms with E-state index in [1.807, 2.05) is 31.2 Å². The third-order valence-electron chi connectivity index (χ3n) is 4.17. The fourth-order valence-corrected chi connectivity index (χ4v) is 3.83. The maximum absolute atomic E-state index is 13.1. The number of aryl methyl sites for hydroxylation is 2. The molecule has 26 heavy (non-hydrogen) atoms. The molecule has 7 nitrogen and oxygen atoms in total. The first-order chi connectivity index (χ1) is 12.3. The highest BCUT2D eigenvalue weighted by Crippen LogP contribution is 2.29. The number of hydrogen-bond donors (Lipinski definition) is 2. The third kappa shape index (κ3) is 3.11. The fourth-order valence-electron chi connectivity index (χ4n) is 2.80. The van der Waals surface area contributed by atoms with Crippen molar-refractivity contribution < 1.29 is 9.59 Å². The van der Waals surface area contributed by atoms with Gasteiger partial charge in [0.2, 0.25) is 5.91 Å². The standard InChI is InChI=1S/C18H18N4O3S/c1-9-3-5-11(6-4-9)16-21-17-13(10(2)14(26-17)15(20)24)18(25)22(16)8-7-12(19)23/h3-6H,7-8H2,1-2H3,(H2,19,23)(H2,20,24). The zero-order chi connectivity index (χ0) is 19.0. The second kappa shape index (κ2) is 6.72. The van der Waals surface area contributed by atoms with Crippen LogP contribution in [-0.2, 0) is 11.3 Å². The number of hydrogen-bond acceptors (Lipinski definition) is 5. The monoisotopic (exact) mass is 370 g/mol. The molecule has 134 valence electrons. The average molecular weight is 370 g/mol. The van der Waals surface area contributed by atoms with Gasteiger partial charge in [-0.3, -0.25) is 19.0 Å². The summed E-state index contributed by atoms with van der Waals surface area (Å²) in [6, 6.07) is 7.55. The van der Waals surface area contributed by atoms with E-state index in [9.17, 15) is 14.4 Å². The number of carbonyl (C=O) groups is 2. The van der Waals surface area contributed by atoms with Crippen LogP contribution in [0.1, 0.15) is 27.2 Å². The van der Waals surface area contributed by atoms with Crippen LogP contribution in [0.4, 0.5) is 0 Å². The zero-order valence-electron chi connectivity index (χ0n) is 14.4. The summed E-state index contributed by atoms with van der Waals surface area (Å²) in [6.07, 6.45) is 0.0117. The van der Waals surface area contributed by atoms with Gasteiger partial charge in [-0.25, -0.2) is 4.98 Å². The van der Waals surface area contributed by atoms with Crippen LogP contribution >= 0.6 is 11.3 Å². The molecule has 0 saturated heterocycles. The summed E-state index contributed by atoms with van der Waals surface area (Å²) in [4.78, 5) is 41.3. The Morgan fingerprint density at radius 2 is 1.81 bits per heavy atom. The quantitative estimate of drug-likeness (QED) is 0.710. The summed E-state index contributed by atoms with van der Waals surface area (Å²) in [5.41, 5.74) is 12.7. The molecule has 2 heterocycles. The highest BCUT2D eigenvalue weighted by molar-refractivity contribution is 7.20. The minimum Gasteiger partial charge on any atom is -0.370 e. The second-order valence-corrected chi connectivity index (χ2v) is 7.07. The lowest BCUT2D eigenvalue weighted by molar-refractivity contribution is -0.118. The Hall–Kier alpha value is -3.00. The summed E-state index contributed by atoms with van der Waals surface area (Å²) >= 11 is 1.10. The number of carbonyl (C=O) groups excluding carboxylic acids is 2. The zero-order valence-corrected chi connectivity index (χ0v) is 15.2. The smallest absolute Gasteiger partial charge is 0.262 e. The molecule has 0 spiro atoms. The van der Waals surface area contributed by atoms with E-state index in [4.69, 9.17) is 11.5 Å². The Labute approximate surface area is 153 Å². The first kappa shape index (κ1) is 17.8. The van der Waals surface area contributed by atoms with Crippen molar-refractivity contribution in [1.82, 2.24) is 9.55 Å². The summed E-state index contributed by atoms with van der Waals surface area (Å²) < 4.78 is 1.43. The molecule has 4 N–H and O–H groups in total. The number of fused-ring (bicyclic) bond motifs is 1. The number of aromatic nitrogens is 2. The van der Waals surface area contributed by atoms with Gasteiger partial charge in [0.15, 0.2) is 0 Å². The average Bonchev–Trinajstić information content (AvgIpc) is 2.91. The highest BCUT2D eigenvalue weighted by Gasteiger charge is 2.21. The SMILES string of the molecule is Cc1ccc(-c2nc3sc(C(N)=O)c(C)c3c(=O)n2CCC(N)=O)cc1. The largest absolute Gasteiger partial charge is 0.370 e. The maximum atomic E-state index is 13.1. The summed E-state index contributed by atoms with van der Waals surface area (Å²) in [6.45, 7) is 3.75. The number of amides is 2. The molecule has 0 radical (unpaired) electrons. The van der Waals surface area contributed by atoms with Crippen LogP contribution in [0.3, 0.4) is 0 Å². The van der Waals surface area contributed by atoms with Crippen molar-refractivity contribution in [3.63, 3.8) is 0 Å². The van der Waals surface area contributed by atoms with E-state index < -0.39 is 11.8 Å². The summed E-state index contributed by atoms with van der Waals surface area (Å²) in [5, 5.41) is 0.351. The number of benzene rings is 1. The topological polar surface area (TPSA) is 121 Å². The lowest BCUT2D eigenvalue weighted by atomic mass is 10.1. The van der Waals surface area contributed by atoms with Crippen LogP contribution in [0, 0.1) is 13.8 Å². The maximum Gasteiger partial charge on any atom is 0.262 e. The first-order valence-electron chi connectivity index (χ1n) is 7.98. The molecule has 0 unspecified atom stereocenters. The van der Waals surface area contributed by atoms with E-state index in [1.54, 1.807) is 6.92 Å². The number of rotatable bonds is 5. The van der Waals surface area contributed by atoms with Crippen molar-refractivity contribution in [2.24, 2.45) is 11.5 Å². The van der Waals surface area contributed by atoms with E-state index in [2.05, 4.69) is 4.98 Å². The van der Waals surface area contributed by atoms with Crippen LogP contribution in [0.5, 0.6) is 0 Å². The molecule has 0 bridgehead atoms. The van der Waals surface area contributed by atoms with Crippen LogP contribution in [0.15, 0.2) is 29.1 Å². The van der Waals surface area contributed by atoms with Crippen molar-refractivity contribution in [2.75, 3.05) is 0 Å². The van der Waals surface area contributed by atoms with E-state index in [-0.39, 0.29) is 18.5 Å². The van der Waals surface area contributed by atoms with Crippen molar-refractivity contribution in [1.29, 1.82) is 0 Å². The summed E-state index contributed by atoms with van der Waals surface area (Å²) in [5.74, 6) is -0.668. The van der Waals surface area contributed by atoms with Gasteiger partial charge in [0.05, 0.1) is 10.3 Å². The Morgan fingerprint density at radius 1 is 1.15 bits per heavy atom. The Balaban J connectivity index is 2.32. The number of primary amides is 2. The molecule has 3 rings (SSSR count). The van der Waals surface area contributed by atoms with Crippen LogP contribution in [0.2, 0.25) is 0 Å². The third-order valence-corrected chi connectivity index (χ3v) is 5.37. The molecule has 3 aromatic rings. The van der Waals surface area contributed by atoms with E-state index in [1.165, 1.54) is 4.57 Å². The Kier molecular flexibility index (Phi) is 4.60. The highest BCUT2D eigenvalue weighted by atomic mass is 32.1. The molecule has 8 heteroatoms. The van der Waals surface area contributed by atoms with Crippen molar-refractivity contribution in [3.05, 3.63) is 50.6 Å². The van der Waals surface area contributed by atoms with Crippen molar-refractivity contribution >= 4 is 33.4 Å². The van der Waals surface area contributed by atoms with Gasteiger partial charge in [-0.15, -0.1) is 11.3 Å². The lowest BCUT2D eigenvalue weighted by Gasteiger charge is -2.12.